The van der Waals surface area contributed by atoms with Gasteiger partial charge >= 0.3 is 0 Å². The summed E-state index contributed by atoms with van der Waals surface area (Å²) in [5.74, 6) is 0.791. The lowest BCUT2D eigenvalue weighted by molar-refractivity contribution is 0.321. The molecule has 1 aromatic heterocycles. The summed E-state index contributed by atoms with van der Waals surface area (Å²) in [4.78, 5) is 1.43. The van der Waals surface area contributed by atoms with Gasteiger partial charge in [-0.25, -0.2) is 0 Å². The van der Waals surface area contributed by atoms with Crippen molar-refractivity contribution in [2.24, 2.45) is 5.92 Å². The van der Waals surface area contributed by atoms with Gasteiger partial charge in [-0.2, -0.15) is 0 Å². The summed E-state index contributed by atoms with van der Waals surface area (Å²) < 4.78 is 0. The van der Waals surface area contributed by atoms with Gasteiger partial charge in [0.15, 0.2) is 0 Å². The molecule has 0 aromatic carbocycles. The molecule has 0 amide bonds. The molecule has 0 aliphatic carbocycles. The van der Waals surface area contributed by atoms with Crippen molar-refractivity contribution in [1.29, 1.82) is 0 Å². The van der Waals surface area contributed by atoms with E-state index in [0.29, 0.717) is 6.04 Å². The maximum atomic E-state index is 3.69. The summed E-state index contributed by atoms with van der Waals surface area (Å²) >= 11 is 1.87. The number of nitrogens with one attached hydrogen (secondary N) is 1. The lowest BCUT2D eigenvalue weighted by Crippen LogP contribution is -2.28. The van der Waals surface area contributed by atoms with Gasteiger partial charge in [0.05, 0.1) is 0 Å². The van der Waals surface area contributed by atoms with Crippen LogP contribution in [0.4, 0.5) is 0 Å². The third kappa shape index (κ3) is 4.44. The van der Waals surface area contributed by atoms with Gasteiger partial charge in [0, 0.05) is 10.9 Å². The molecule has 1 nitrogen and oxygen atoms in total. The van der Waals surface area contributed by atoms with E-state index in [4.69, 9.17) is 0 Å². The minimum Gasteiger partial charge on any atom is -0.310 e. The molecule has 0 saturated carbocycles. The lowest BCUT2D eigenvalue weighted by Gasteiger charge is -2.27. The third-order valence-corrected chi connectivity index (χ3v) is 4.20. The molecular formula is C15H27NS. The smallest absolute Gasteiger partial charge is 0.0356 e. The van der Waals surface area contributed by atoms with Crippen molar-refractivity contribution in [2.45, 2.75) is 59.4 Å². The second-order valence-corrected chi connectivity index (χ2v) is 5.98. The Labute approximate surface area is 111 Å². The first-order valence-electron chi connectivity index (χ1n) is 7.01. The number of rotatable bonds is 8. The lowest BCUT2D eigenvalue weighted by atomic mass is 9.87. The summed E-state index contributed by atoms with van der Waals surface area (Å²) in [6, 6.07) is 2.92. The number of hydrogen-bond donors (Lipinski definition) is 1. The van der Waals surface area contributed by atoms with Crippen LogP contribution in [0.3, 0.4) is 0 Å². The van der Waals surface area contributed by atoms with E-state index in [1.165, 1.54) is 36.1 Å². The van der Waals surface area contributed by atoms with Crippen molar-refractivity contribution in [3.8, 4) is 0 Å². The van der Waals surface area contributed by atoms with Gasteiger partial charge in [-0.1, -0.05) is 33.6 Å². The molecule has 0 fully saturated rings. The van der Waals surface area contributed by atoms with E-state index in [9.17, 15) is 0 Å². The van der Waals surface area contributed by atoms with E-state index in [0.717, 1.165) is 12.5 Å². The monoisotopic (exact) mass is 253 g/mol. The zero-order chi connectivity index (χ0) is 12.7. The standard InChI is InChI=1S/C15H27NS/c1-5-8-13(9-6-2)15(16-7-3)14-10-12(4)17-11-14/h10-11,13,15-16H,5-9H2,1-4H3. The molecule has 1 heterocycles. The molecule has 1 atom stereocenters. The highest BCUT2D eigenvalue weighted by molar-refractivity contribution is 7.10. The largest absolute Gasteiger partial charge is 0.310 e. The highest BCUT2D eigenvalue weighted by atomic mass is 32.1. The molecule has 17 heavy (non-hydrogen) atoms. The van der Waals surface area contributed by atoms with E-state index in [1.54, 1.807) is 0 Å². The van der Waals surface area contributed by atoms with E-state index < -0.39 is 0 Å². The van der Waals surface area contributed by atoms with Crippen LogP contribution in [0.25, 0.3) is 0 Å². The van der Waals surface area contributed by atoms with Crippen molar-refractivity contribution < 1.29 is 0 Å². The summed E-state index contributed by atoms with van der Waals surface area (Å²) in [6.45, 7) is 10.1. The van der Waals surface area contributed by atoms with Crippen LogP contribution in [0.5, 0.6) is 0 Å². The van der Waals surface area contributed by atoms with Crippen LogP contribution in [-0.2, 0) is 0 Å². The molecule has 1 rings (SSSR count). The fraction of sp³-hybridized carbons (Fsp3) is 0.733. The van der Waals surface area contributed by atoms with E-state index in [-0.39, 0.29) is 0 Å². The molecule has 1 aromatic rings. The van der Waals surface area contributed by atoms with Gasteiger partial charge in [0.2, 0.25) is 0 Å². The highest BCUT2D eigenvalue weighted by Gasteiger charge is 2.21. The molecule has 0 saturated heterocycles. The molecule has 0 bridgehead atoms. The molecule has 0 radical (unpaired) electrons. The average Bonchev–Trinajstić information content (AvgIpc) is 2.72. The third-order valence-electron chi connectivity index (χ3n) is 3.32. The van der Waals surface area contributed by atoms with Crippen LogP contribution in [0.2, 0.25) is 0 Å². The Bertz CT molecular complexity index is 300. The fourth-order valence-corrected chi connectivity index (χ4v) is 3.36. The Balaban J connectivity index is 2.80. The number of thiophene rings is 1. The van der Waals surface area contributed by atoms with Crippen LogP contribution in [0.15, 0.2) is 11.4 Å². The van der Waals surface area contributed by atoms with Crippen LogP contribution in [0.1, 0.15) is 62.9 Å². The first-order valence-corrected chi connectivity index (χ1v) is 7.89. The predicted molar refractivity (Wildman–Crippen MR) is 78.8 cm³/mol. The SMILES string of the molecule is CCCC(CCC)C(NCC)c1csc(C)c1. The summed E-state index contributed by atoms with van der Waals surface area (Å²) in [6.07, 6.45) is 5.24. The van der Waals surface area contributed by atoms with Crippen molar-refractivity contribution in [3.63, 3.8) is 0 Å². The van der Waals surface area contributed by atoms with Crippen molar-refractivity contribution in [1.82, 2.24) is 5.32 Å². The number of aryl methyl sites for hydroxylation is 1. The Hall–Kier alpha value is -0.340. The Kier molecular flexibility index (Phi) is 6.83. The molecule has 1 N–H and O–H groups in total. The normalized spacial score (nSPS) is 13.2. The molecular weight excluding hydrogens is 226 g/mol. The molecule has 2 heteroatoms. The molecule has 98 valence electrons. The van der Waals surface area contributed by atoms with E-state index >= 15 is 0 Å². The van der Waals surface area contributed by atoms with Crippen LogP contribution in [-0.4, -0.2) is 6.54 Å². The Morgan fingerprint density at radius 2 is 1.82 bits per heavy atom. The quantitative estimate of drug-likeness (QED) is 0.693. The Morgan fingerprint density at radius 1 is 1.18 bits per heavy atom. The van der Waals surface area contributed by atoms with Gasteiger partial charge in [0.25, 0.3) is 0 Å². The second-order valence-electron chi connectivity index (χ2n) is 4.86. The zero-order valence-electron chi connectivity index (χ0n) is 11.8. The van der Waals surface area contributed by atoms with Gasteiger partial charge in [-0.15, -0.1) is 11.3 Å². The minimum atomic E-state index is 0.560. The topological polar surface area (TPSA) is 12.0 Å². The molecule has 1 unspecified atom stereocenters. The van der Waals surface area contributed by atoms with Gasteiger partial charge in [-0.3, -0.25) is 0 Å². The number of hydrogen-bond acceptors (Lipinski definition) is 2. The van der Waals surface area contributed by atoms with Crippen molar-refractivity contribution >= 4 is 11.3 Å². The van der Waals surface area contributed by atoms with Crippen LogP contribution < -0.4 is 5.32 Å². The minimum absolute atomic E-state index is 0.560. The Morgan fingerprint density at radius 3 is 2.24 bits per heavy atom. The van der Waals surface area contributed by atoms with Gasteiger partial charge < -0.3 is 5.32 Å². The first kappa shape index (κ1) is 14.7. The highest BCUT2D eigenvalue weighted by Crippen LogP contribution is 2.32. The van der Waals surface area contributed by atoms with Crippen LogP contribution >= 0.6 is 11.3 Å². The van der Waals surface area contributed by atoms with Crippen LogP contribution in [0, 0.1) is 12.8 Å². The second kappa shape index (κ2) is 7.88. The molecule has 0 aliphatic rings. The predicted octanol–water partition coefficient (Wildman–Crippen LogP) is 4.92. The average molecular weight is 253 g/mol. The molecule has 0 spiro atoms. The summed E-state index contributed by atoms with van der Waals surface area (Å²) in [7, 11) is 0. The fourth-order valence-electron chi connectivity index (χ4n) is 2.62. The molecule has 0 aliphatic heterocycles. The van der Waals surface area contributed by atoms with Crippen molar-refractivity contribution in [3.05, 3.63) is 21.9 Å². The first-order chi connectivity index (χ1) is 8.22. The van der Waals surface area contributed by atoms with E-state index in [2.05, 4.69) is 44.5 Å². The maximum absolute atomic E-state index is 3.69. The zero-order valence-corrected chi connectivity index (χ0v) is 12.6. The van der Waals surface area contributed by atoms with Gasteiger partial charge in [-0.05, 0) is 49.2 Å². The van der Waals surface area contributed by atoms with Gasteiger partial charge in [0.1, 0.15) is 0 Å². The maximum Gasteiger partial charge on any atom is 0.0356 e. The van der Waals surface area contributed by atoms with Crippen molar-refractivity contribution in [2.75, 3.05) is 6.54 Å². The summed E-state index contributed by atoms with van der Waals surface area (Å²) in [5, 5.41) is 6.02. The van der Waals surface area contributed by atoms with E-state index in [1.807, 2.05) is 11.3 Å². The summed E-state index contributed by atoms with van der Waals surface area (Å²) in [5.41, 5.74) is 1.50.